The summed E-state index contributed by atoms with van der Waals surface area (Å²) in [6.45, 7) is 1.03. The SMILES string of the molecule is CCC(C)(CBr)NC(=O)c1ccc(OC(F)F)cc1. The highest BCUT2D eigenvalue weighted by atomic mass is 79.9. The monoisotopic (exact) mass is 335 g/mol. The third-order valence-corrected chi connectivity index (χ3v) is 4.07. The lowest BCUT2D eigenvalue weighted by atomic mass is 10.0. The molecule has 1 N–H and O–H groups in total. The first-order chi connectivity index (χ1) is 8.90. The van der Waals surface area contributed by atoms with Crippen LogP contribution in [-0.4, -0.2) is 23.4 Å². The van der Waals surface area contributed by atoms with E-state index in [1.54, 1.807) is 0 Å². The normalized spacial score (nSPS) is 14.0. The smallest absolute Gasteiger partial charge is 0.387 e. The summed E-state index contributed by atoms with van der Waals surface area (Å²) < 4.78 is 28.2. The van der Waals surface area contributed by atoms with Gasteiger partial charge in [0.25, 0.3) is 5.91 Å². The summed E-state index contributed by atoms with van der Waals surface area (Å²) in [6, 6.07) is 5.60. The number of rotatable bonds is 6. The average Bonchev–Trinajstić information content (AvgIpc) is 2.38. The molecule has 0 aliphatic rings. The van der Waals surface area contributed by atoms with E-state index < -0.39 is 6.61 Å². The Morgan fingerprint density at radius 3 is 2.42 bits per heavy atom. The fraction of sp³-hybridized carbons (Fsp3) is 0.462. The summed E-state index contributed by atoms with van der Waals surface area (Å²) >= 11 is 3.35. The fourth-order valence-corrected chi connectivity index (χ4v) is 1.89. The van der Waals surface area contributed by atoms with E-state index in [1.807, 2.05) is 13.8 Å². The van der Waals surface area contributed by atoms with Gasteiger partial charge >= 0.3 is 6.61 Å². The second-order valence-corrected chi connectivity index (χ2v) is 4.97. The van der Waals surface area contributed by atoms with Gasteiger partial charge < -0.3 is 10.1 Å². The standard InChI is InChI=1S/C13H16BrF2NO2/c1-3-13(2,8-14)17-11(18)9-4-6-10(7-5-9)19-12(15)16/h4-7,12H,3,8H2,1-2H3,(H,17,18). The van der Waals surface area contributed by atoms with Gasteiger partial charge in [-0.05, 0) is 37.6 Å². The third kappa shape index (κ3) is 4.78. The number of carbonyl (C=O) groups excluding carboxylic acids is 1. The Labute approximate surface area is 119 Å². The van der Waals surface area contributed by atoms with Crippen molar-refractivity contribution in [2.75, 3.05) is 5.33 Å². The van der Waals surface area contributed by atoms with E-state index in [1.165, 1.54) is 24.3 Å². The summed E-state index contributed by atoms with van der Waals surface area (Å²) in [6.07, 6.45) is 0.774. The second kappa shape index (κ2) is 6.84. The van der Waals surface area contributed by atoms with Crippen molar-refractivity contribution in [2.45, 2.75) is 32.4 Å². The number of hydrogen-bond acceptors (Lipinski definition) is 2. The quantitative estimate of drug-likeness (QED) is 0.807. The van der Waals surface area contributed by atoms with Crippen LogP contribution in [0.1, 0.15) is 30.6 Å². The molecule has 19 heavy (non-hydrogen) atoms. The molecule has 1 aromatic carbocycles. The molecule has 0 heterocycles. The molecule has 1 aromatic rings. The molecule has 3 nitrogen and oxygen atoms in total. The van der Waals surface area contributed by atoms with Crippen LogP contribution in [-0.2, 0) is 0 Å². The van der Waals surface area contributed by atoms with E-state index in [0.29, 0.717) is 10.9 Å². The van der Waals surface area contributed by atoms with Crippen molar-refractivity contribution < 1.29 is 18.3 Å². The molecule has 0 aliphatic heterocycles. The van der Waals surface area contributed by atoms with Crippen molar-refractivity contribution in [1.29, 1.82) is 0 Å². The number of alkyl halides is 3. The molecular weight excluding hydrogens is 320 g/mol. The molecule has 1 rings (SSSR count). The van der Waals surface area contributed by atoms with Crippen LogP contribution in [0.2, 0.25) is 0 Å². The zero-order valence-electron chi connectivity index (χ0n) is 10.8. The van der Waals surface area contributed by atoms with Crippen LogP contribution in [0.5, 0.6) is 5.75 Å². The minimum atomic E-state index is -2.86. The highest BCUT2D eigenvalue weighted by Gasteiger charge is 2.23. The Morgan fingerprint density at radius 1 is 1.42 bits per heavy atom. The number of nitrogens with one attached hydrogen (secondary N) is 1. The molecule has 106 valence electrons. The van der Waals surface area contributed by atoms with Gasteiger partial charge in [0.15, 0.2) is 0 Å². The number of amides is 1. The molecule has 1 unspecified atom stereocenters. The number of halogens is 3. The van der Waals surface area contributed by atoms with Crippen LogP contribution in [0.4, 0.5) is 8.78 Å². The molecule has 0 spiro atoms. The molecule has 0 aromatic heterocycles. The first-order valence-corrected chi connectivity index (χ1v) is 6.95. The fourth-order valence-electron chi connectivity index (χ4n) is 1.35. The summed E-state index contributed by atoms with van der Waals surface area (Å²) in [7, 11) is 0. The highest BCUT2D eigenvalue weighted by molar-refractivity contribution is 9.09. The number of hydrogen-bond donors (Lipinski definition) is 1. The van der Waals surface area contributed by atoms with Crippen molar-refractivity contribution in [3.8, 4) is 5.75 Å². The maximum Gasteiger partial charge on any atom is 0.387 e. The first kappa shape index (κ1) is 15.9. The maximum absolute atomic E-state index is 12.0. The largest absolute Gasteiger partial charge is 0.435 e. The Hall–Kier alpha value is -1.17. The van der Waals surface area contributed by atoms with Crippen LogP contribution >= 0.6 is 15.9 Å². The van der Waals surface area contributed by atoms with E-state index in [2.05, 4.69) is 26.0 Å². The van der Waals surface area contributed by atoms with Crippen molar-refractivity contribution >= 4 is 21.8 Å². The lowest BCUT2D eigenvalue weighted by Crippen LogP contribution is -2.46. The predicted molar refractivity (Wildman–Crippen MR) is 73.0 cm³/mol. The molecule has 6 heteroatoms. The molecular formula is C13H16BrF2NO2. The van der Waals surface area contributed by atoms with E-state index >= 15 is 0 Å². The Bertz CT molecular complexity index is 419. The topological polar surface area (TPSA) is 38.3 Å². The summed E-state index contributed by atoms with van der Waals surface area (Å²) in [5, 5.41) is 3.53. The molecule has 1 amide bonds. The number of ether oxygens (including phenoxy) is 1. The van der Waals surface area contributed by atoms with Crippen LogP contribution < -0.4 is 10.1 Å². The maximum atomic E-state index is 12.0. The summed E-state index contributed by atoms with van der Waals surface area (Å²) in [5.74, 6) is -0.210. The zero-order chi connectivity index (χ0) is 14.5. The van der Waals surface area contributed by atoms with Crippen LogP contribution in [0.3, 0.4) is 0 Å². The molecule has 0 radical (unpaired) electrons. The zero-order valence-corrected chi connectivity index (χ0v) is 12.3. The van der Waals surface area contributed by atoms with Crippen molar-refractivity contribution in [3.63, 3.8) is 0 Å². The predicted octanol–water partition coefficient (Wildman–Crippen LogP) is 3.58. The summed E-state index contributed by atoms with van der Waals surface area (Å²) in [5.41, 5.74) is 0.0668. The molecule has 1 atom stereocenters. The Morgan fingerprint density at radius 2 is 2.00 bits per heavy atom. The number of carbonyl (C=O) groups is 1. The highest BCUT2D eigenvalue weighted by Crippen LogP contribution is 2.17. The Kier molecular flexibility index (Phi) is 5.72. The second-order valence-electron chi connectivity index (χ2n) is 4.40. The minimum absolute atomic E-state index is 0.0327. The molecule has 0 aliphatic carbocycles. The van der Waals surface area contributed by atoms with Gasteiger partial charge in [0.1, 0.15) is 5.75 Å². The van der Waals surface area contributed by atoms with Gasteiger partial charge in [-0.1, -0.05) is 22.9 Å². The van der Waals surface area contributed by atoms with E-state index in [4.69, 9.17) is 0 Å². The number of benzene rings is 1. The minimum Gasteiger partial charge on any atom is -0.435 e. The lowest BCUT2D eigenvalue weighted by molar-refractivity contribution is -0.0498. The lowest BCUT2D eigenvalue weighted by Gasteiger charge is -2.27. The molecule has 0 saturated carbocycles. The van der Waals surface area contributed by atoms with Gasteiger partial charge in [-0.3, -0.25) is 4.79 Å². The Balaban J connectivity index is 2.73. The average molecular weight is 336 g/mol. The summed E-state index contributed by atoms with van der Waals surface area (Å²) in [4.78, 5) is 12.0. The van der Waals surface area contributed by atoms with Crippen LogP contribution in [0.15, 0.2) is 24.3 Å². The van der Waals surface area contributed by atoms with Gasteiger partial charge in [0, 0.05) is 16.4 Å². The van der Waals surface area contributed by atoms with Gasteiger partial charge in [-0.25, -0.2) is 0 Å². The molecule has 0 bridgehead atoms. The van der Waals surface area contributed by atoms with Crippen LogP contribution in [0.25, 0.3) is 0 Å². The van der Waals surface area contributed by atoms with Gasteiger partial charge in [0.05, 0.1) is 0 Å². The first-order valence-electron chi connectivity index (χ1n) is 5.83. The molecule has 0 saturated heterocycles. The van der Waals surface area contributed by atoms with Crippen molar-refractivity contribution in [3.05, 3.63) is 29.8 Å². The van der Waals surface area contributed by atoms with Crippen molar-refractivity contribution in [2.24, 2.45) is 0 Å². The van der Waals surface area contributed by atoms with E-state index in [0.717, 1.165) is 6.42 Å². The van der Waals surface area contributed by atoms with Gasteiger partial charge in [-0.15, -0.1) is 0 Å². The molecule has 0 fully saturated rings. The van der Waals surface area contributed by atoms with Crippen LogP contribution in [0, 0.1) is 0 Å². The van der Waals surface area contributed by atoms with E-state index in [-0.39, 0.29) is 17.2 Å². The van der Waals surface area contributed by atoms with Gasteiger partial charge in [-0.2, -0.15) is 8.78 Å². The van der Waals surface area contributed by atoms with E-state index in [9.17, 15) is 13.6 Å². The third-order valence-electron chi connectivity index (χ3n) is 2.83. The van der Waals surface area contributed by atoms with Gasteiger partial charge in [0.2, 0.25) is 0 Å². The van der Waals surface area contributed by atoms with Crippen molar-refractivity contribution in [1.82, 2.24) is 5.32 Å².